The third kappa shape index (κ3) is 4.43. The summed E-state index contributed by atoms with van der Waals surface area (Å²) in [5.74, 6) is 0.904. The largest absolute Gasteiger partial charge is 0.349 e. The van der Waals surface area contributed by atoms with Crippen molar-refractivity contribution in [2.45, 2.75) is 19.0 Å². The molecule has 0 fully saturated rings. The van der Waals surface area contributed by atoms with E-state index < -0.39 is 0 Å². The predicted octanol–water partition coefficient (Wildman–Crippen LogP) is -0.860. The van der Waals surface area contributed by atoms with Crippen LogP contribution in [0.3, 0.4) is 0 Å². The average molecular weight is 201 g/mol. The van der Waals surface area contributed by atoms with Gasteiger partial charge in [0.05, 0.1) is 6.54 Å². The van der Waals surface area contributed by atoms with E-state index in [2.05, 4.69) is 4.99 Å². The molecular weight excluding hydrogens is 178 g/mol. The minimum atomic E-state index is -0.0788. The fourth-order valence-electron chi connectivity index (χ4n) is 1.04. The quantitative estimate of drug-likeness (QED) is 0.460. The van der Waals surface area contributed by atoms with E-state index in [1.807, 2.05) is 44.9 Å². The van der Waals surface area contributed by atoms with Crippen LogP contribution in [0.4, 0.5) is 0 Å². The van der Waals surface area contributed by atoms with Crippen molar-refractivity contribution in [3.63, 3.8) is 0 Å². The highest BCUT2D eigenvalue weighted by Crippen LogP contribution is 1.92. The van der Waals surface area contributed by atoms with Crippen LogP contribution in [-0.4, -0.2) is 62.6 Å². The Hall–Kier alpha value is -0.810. The molecule has 0 aliphatic heterocycles. The molecule has 0 amide bonds. The van der Waals surface area contributed by atoms with Crippen LogP contribution in [-0.2, 0) is 0 Å². The van der Waals surface area contributed by atoms with Gasteiger partial charge in [0.1, 0.15) is 0 Å². The Balaban J connectivity index is 4.30. The van der Waals surface area contributed by atoms with Gasteiger partial charge in [-0.3, -0.25) is 4.99 Å². The fourth-order valence-corrected chi connectivity index (χ4v) is 1.04. The summed E-state index contributed by atoms with van der Waals surface area (Å²) in [5.41, 5.74) is 11.4. The molecule has 0 saturated heterocycles. The van der Waals surface area contributed by atoms with Gasteiger partial charge < -0.3 is 21.3 Å². The second-order valence-electron chi connectivity index (χ2n) is 3.95. The summed E-state index contributed by atoms with van der Waals surface area (Å²) in [6, 6.07) is -0.103. The van der Waals surface area contributed by atoms with Gasteiger partial charge in [0.25, 0.3) is 0 Å². The molecule has 0 aromatic heterocycles. The van der Waals surface area contributed by atoms with Crippen molar-refractivity contribution in [1.29, 1.82) is 0 Å². The van der Waals surface area contributed by atoms with E-state index >= 15 is 0 Å². The smallest absolute Gasteiger partial charge is 0.195 e. The maximum Gasteiger partial charge on any atom is 0.195 e. The molecule has 0 spiro atoms. The van der Waals surface area contributed by atoms with Gasteiger partial charge in [-0.25, -0.2) is 0 Å². The molecule has 0 radical (unpaired) electrons. The summed E-state index contributed by atoms with van der Waals surface area (Å²) in [6.07, 6.45) is 0. The van der Waals surface area contributed by atoms with Crippen LogP contribution in [0.1, 0.15) is 6.92 Å². The van der Waals surface area contributed by atoms with Crippen molar-refractivity contribution in [2.75, 3.05) is 34.7 Å². The molecule has 4 N–H and O–H groups in total. The summed E-state index contributed by atoms with van der Waals surface area (Å²) in [5, 5.41) is 0. The molecule has 0 saturated carbocycles. The molecule has 0 aliphatic rings. The lowest BCUT2D eigenvalue weighted by atomic mass is 10.2. The summed E-state index contributed by atoms with van der Waals surface area (Å²) < 4.78 is 0. The lowest BCUT2D eigenvalue weighted by molar-refractivity contribution is 0.472. The Morgan fingerprint density at radius 3 is 1.86 bits per heavy atom. The van der Waals surface area contributed by atoms with Crippen LogP contribution >= 0.6 is 0 Å². The molecule has 0 aromatic carbocycles. The van der Waals surface area contributed by atoms with Crippen LogP contribution < -0.4 is 11.5 Å². The van der Waals surface area contributed by atoms with Gasteiger partial charge in [0.2, 0.25) is 0 Å². The van der Waals surface area contributed by atoms with Gasteiger partial charge in [0.15, 0.2) is 5.96 Å². The molecule has 0 aromatic rings. The third-order valence-electron chi connectivity index (χ3n) is 1.92. The first-order chi connectivity index (χ1) is 6.36. The van der Waals surface area contributed by atoms with Gasteiger partial charge >= 0.3 is 0 Å². The highest BCUT2D eigenvalue weighted by Gasteiger charge is 2.09. The Morgan fingerprint density at radius 2 is 1.57 bits per heavy atom. The molecular formula is C9H23N5. The average Bonchev–Trinajstić information content (AvgIpc) is 2.02. The van der Waals surface area contributed by atoms with Crippen molar-refractivity contribution >= 4 is 5.96 Å². The van der Waals surface area contributed by atoms with E-state index in [4.69, 9.17) is 11.5 Å². The first kappa shape index (κ1) is 13.2. The van der Waals surface area contributed by atoms with Gasteiger partial charge in [0, 0.05) is 40.3 Å². The van der Waals surface area contributed by atoms with E-state index in [1.165, 1.54) is 0 Å². The summed E-state index contributed by atoms with van der Waals surface area (Å²) in [6.45, 7) is 2.45. The van der Waals surface area contributed by atoms with Crippen LogP contribution in [0.15, 0.2) is 4.99 Å². The molecule has 5 heteroatoms. The lowest BCUT2D eigenvalue weighted by Gasteiger charge is -2.23. The summed E-state index contributed by atoms with van der Waals surface area (Å²) in [7, 11) is 7.82. The number of rotatable bonds is 3. The van der Waals surface area contributed by atoms with Crippen LogP contribution in [0.2, 0.25) is 0 Å². The van der Waals surface area contributed by atoms with Crippen molar-refractivity contribution in [2.24, 2.45) is 16.5 Å². The molecule has 84 valence electrons. The zero-order valence-corrected chi connectivity index (χ0v) is 9.86. The fraction of sp³-hybridized carbons (Fsp3) is 0.889. The van der Waals surface area contributed by atoms with Gasteiger partial charge in [-0.1, -0.05) is 0 Å². The zero-order valence-electron chi connectivity index (χ0n) is 9.86. The Bertz CT molecular complexity index is 176. The van der Waals surface area contributed by atoms with Crippen molar-refractivity contribution in [3.05, 3.63) is 0 Å². The lowest BCUT2D eigenvalue weighted by Crippen LogP contribution is -2.43. The second kappa shape index (κ2) is 5.82. The van der Waals surface area contributed by atoms with Crippen LogP contribution in [0.5, 0.6) is 0 Å². The molecule has 0 aliphatic carbocycles. The highest BCUT2D eigenvalue weighted by molar-refractivity contribution is 5.79. The summed E-state index contributed by atoms with van der Waals surface area (Å²) >= 11 is 0. The van der Waals surface area contributed by atoms with E-state index in [-0.39, 0.29) is 12.1 Å². The maximum absolute atomic E-state index is 5.80. The number of nitrogens with zero attached hydrogens (tertiary/aromatic N) is 3. The second-order valence-corrected chi connectivity index (χ2v) is 3.95. The first-order valence-corrected chi connectivity index (χ1v) is 4.76. The molecule has 14 heavy (non-hydrogen) atoms. The van der Waals surface area contributed by atoms with Gasteiger partial charge in [-0.05, 0) is 6.92 Å². The zero-order chi connectivity index (χ0) is 11.3. The number of guanidine groups is 1. The summed E-state index contributed by atoms with van der Waals surface area (Å²) in [4.78, 5) is 8.31. The standard InChI is InChI=1S/C9H23N5/c1-7(10)8(11)6-12-9(13(2)3)14(4)5/h7-8H,6,10-11H2,1-5H3. The number of hydrogen-bond donors (Lipinski definition) is 2. The molecule has 2 atom stereocenters. The van der Waals surface area contributed by atoms with E-state index in [0.717, 1.165) is 5.96 Å². The van der Waals surface area contributed by atoms with Crippen molar-refractivity contribution in [1.82, 2.24) is 9.80 Å². The van der Waals surface area contributed by atoms with E-state index in [1.54, 1.807) is 0 Å². The van der Waals surface area contributed by atoms with Gasteiger partial charge in [-0.15, -0.1) is 0 Å². The molecule has 2 unspecified atom stereocenters. The van der Waals surface area contributed by atoms with E-state index in [9.17, 15) is 0 Å². The number of nitrogens with two attached hydrogens (primary N) is 2. The van der Waals surface area contributed by atoms with E-state index in [0.29, 0.717) is 6.54 Å². The molecule has 0 bridgehead atoms. The Labute approximate surface area is 86.8 Å². The number of hydrogen-bond acceptors (Lipinski definition) is 3. The normalized spacial score (nSPS) is 14.5. The minimum Gasteiger partial charge on any atom is -0.349 e. The SMILES string of the molecule is CC(N)C(N)CN=C(N(C)C)N(C)C. The van der Waals surface area contributed by atoms with Crippen LogP contribution in [0.25, 0.3) is 0 Å². The number of aliphatic imine (C=N–C) groups is 1. The van der Waals surface area contributed by atoms with Crippen molar-refractivity contribution < 1.29 is 0 Å². The third-order valence-corrected chi connectivity index (χ3v) is 1.92. The van der Waals surface area contributed by atoms with Gasteiger partial charge in [-0.2, -0.15) is 0 Å². The molecule has 5 nitrogen and oxygen atoms in total. The molecule has 0 rings (SSSR count). The van der Waals surface area contributed by atoms with Crippen LogP contribution in [0, 0.1) is 0 Å². The first-order valence-electron chi connectivity index (χ1n) is 4.76. The topological polar surface area (TPSA) is 70.9 Å². The highest BCUT2D eigenvalue weighted by atomic mass is 15.3. The Morgan fingerprint density at radius 1 is 1.14 bits per heavy atom. The Kier molecular flexibility index (Phi) is 5.49. The monoisotopic (exact) mass is 201 g/mol. The minimum absolute atomic E-state index is 0.0238. The maximum atomic E-state index is 5.80. The molecule has 0 heterocycles. The van der Waals surface area contributed by atoms with Crippen molar-refractivity contribution in [3.8, 4) is 0 Å². The predicted molar refractivity (Wildman–Crippen MR) is 61.3 cm³/mol.